The van der Waals surface area contributed by atoms with Crippen molar-refractivity contribution in [2.75, 3.05) is 13.2 Å². The van der Waals surface area contributed by atoms with Gasteiger partial charge in [-0.25, -0.2) is 0 Å². The SMILES string of the molecule is N[C@H](c1cc(Br)cc(C(F)(F)F)c1O)C1CCOCC1. The second-order valence-corrected chi connectivity index (χ2v) is 5.78. The Morgan fingerprint density at radius 3 is 2.45 bits per heavy atom. The number of phenolic OH excluding ortho intramolecular Hbond substituents is 1. The number of phenols is 1. The third-order valence-electron chi connectivity index (χ3n) is 3.54. The molecule has 0 radical (unpaired) electrons. The van der Waals surface area contributed by atoms with Gasteiger partial charge < -0.3 is 15.6 Å². The fourth-order valence-corrected chi connectivity index (χ4v) is 2.89. The first-order chi connectivity index (χ1) is 9.30. The largest absolute Gasteiger partial charge is 0.507 e. The van der Waals surface area contributed by atoms with E-state index < -0.39 is 23.5 Å². The van der Waals surface area contributed by atoms with Crippen LogP contribution in [0, 0.1) is 5.92 Å². The molecule has 0 aliphatic carbocycles. The molecule has 1 aliphatic heterocycles. The highest BCUT2D eigenvalue weighted by Gasteiger charge is 2.37. The number of hydrogen-bond acceptors (Lipinski definition) is 3. The van der Waals surface area contributed by atoms with Crippen LogP contribution in [0.1, 0.15) is 30.0 Å². The Morgan fingerprint density at radius 2 is 1.90 bits per heavy atom. The van der Waals surface area contributed by atoms with Gasteiger partial charge in [0.15, 0.2) is 0 Å². The van der Waals surface area contributed by atoms with Crippen LogP contribution in [0.25, 0.3) is 0 Å². The molecule has 0 amide bonds. The molecule has 7 heteroatoms. The first-order valence-electron chi connectivity index (χ1n) is 6.23. The average Bonchev–Trinajstić information content (AvgIpc) is 2.40. The van der Waals surface area contributed by atoms with E-state index in [-0.39, 0.29) is 16.0 Å². The van der Waals surface area contributed by atoms with E-state index in [1.54, 1.807) is 0 Å². The number of hydrogen-bond donors (Lipinski definition) is 2. The van der Waals surface area contributed by atoms with E-state index >= 15 is 0 Å². The Balaban J connectivity index is 2.38. The van der Waals surface area contributed by atoms with Crippen LogP contribution in [0.5, 0.6) is 5.75 Å². The minimum atomic E-state index is -4.61. The molecule has 1 fully saturated rings. The summed E-state index contributed by atoms with van der Waals surface area (Å²) < 4.78 is 44.1. The van der Waals surface area contributed by atoms with Gasteiger partial charge in [-0.1, -0.05) is 15.9 Å². The van der Waals surface area contributed by atoms with Gasteiger partial charge in [0, 0.05) is 29.3 Å². The highest BCUT2D eigenvalue weighted by atomic mass is 79.9. The predicted molar refractivity (Wildman–Crippen MR) is 71.3 cm³/mol. The molecule has 1 aromatic rings. The first kappa shape index (κ1) is 15.6. The molecule has 0 aromatic heterocycles. The Labute approximate surface area is 123 Å². The molecule has 2 rings (SSSR count). The summed E-state index contributed by atoms with van der Waals surface area (Å²) >= 11 is 3.04. The summed E-state index contributed by atoms with van der Waals surface area (Å²) in [5, 5.41) is 9.90. The predicted octanol–water partition coefficient (Wildman–Crippen LogP) is 3.60. The molecule has 3 N–H and O–H groups in total. The fourth-order valence-electron chi connectivity index (χ4n) is 2.42. The van der Waals surface area contributed by atoms with E-state index in [2.05, 4.69) is 15.9 Å². The van der Waals surface area contributed by atoms with Gasteiger partial charge in [-0.05, 0) is 30.9 Å². The van der Waals surface area contributed by atoms with Crippen molar-refractivity contribution >= 4 is 15.9 Å². The van der Waals surface area contributed by atoms with Crippen molar-refractivity contribution in [2.24, 2.45) is 11.7 Å². The summed E-state index contributed by atoms with van der Waals surface area (Å²) in [5.41, 5.74) is 5.11. The van der Waals surface area contributed by atoms with Gasteiger partial charge in [0.05, 0.1) is 5.56 Å². The lowest BCUT2D eigenvalue weighted by molar-refractivity contribution is -0.138. The van der Waals surface area contributed by atoms with E-state index in [9.17, 15) is 18.3 Å². The van der Waals surface area contributed by atoms with Gasteiger partial charge in [0.25, 0.3) is 0 Å². The smallest absolute Gasteiger partial charge is 0.420 e. The summed E-state index contributed by atoms with van der Waals surface area (Å²) in [4.78, 5) is 0. The lowest BCUT2D eigenvalue weighted by atomic mass is 9.86. The van der Waals surface area contributed by atoms with Crippen molar-refractivity contribution in [3.8, 4) is 5.75 Å². The van der Waals surface area contributed by atoms with E-state index in [1.807, 2.05) is 0 Å². The molecule has 1 heterocycles. The highest BCUT2D eigenvalue weighted by Crippen LogP contribution is 2.43. The van der Waals surface area contributed by atoms with Crippen LogP contribution in [0.15, 0.2) is 16.6 Å². The van der Waals surface area contributed by atoms with E-state index in [0.717, 1.165) is 6.07 Å². The van der Waals surface area contributed by atoms with E-state index in [1.165, 1.54) is 6.07 Å². The quantitative estimate of drug-likeness (QED) is 0.853. The second kappa shape index (κ2) is 5.91. The molecule has 3 nitrogen and oxygen atoms in total. The molecule has 0 spiro atoms. The van der Waals surface area contributed by atoms with Crippen LogP contribution in [0.2, 0.25) is 0 Å². The Hall–Kier alpha value is -0.790. The fraction of sp³-hybridized carbons (Fsp3) is 0.538. The third-order valence-corrected chi connectivity index (χ3v) is 4.00. The Morgan fingerprint density at radius 1 is 1.30 bits per heavy atom. The minimum absolute atomic E-state index is 0.00466. The first-order valence-corrected chi connectivity index (χ1v) is 7.03. The Kier molecular flexibility index (Phi) is 4.61. The maximum absolute atomic E-state index is 12.9. The monoisotopic (exact) mass is 353 g/mol. The number of halogens is 4. The van der Waals surface area contributed by atoms with Gasteiger partial charge in [-0.2, -0.15) is 13.2 Å². The molecular formula is C13H15BrF3NO2. The number of rotatable bonds is 2. The van der Waals surface area contributed by atoms with E-state index in [4.69, 9.17) is 10.5 Å². The van der Waals surface area contributed by atoms with Crippen molar-refractivity contribution in [3.63, 3.8) is 0 Å². The van der Waals surface area contributed by atoms with Crippen LogP contribution in [0.4, 0.5) is 13.2 Å². The lowest BCUT2D eigenvalue weighted by Gasteiger charge is -2.29. The lowest BCUT2D eigenvalue weighted by Crippen LogP contribution is -2.27. The van der Waals surface area contributed by atoms with Gasteiger partial charge in [0.1, 0.15) is 5.75 Å². The summed E-state index contributed by atoms with van der Waals surface area (Å²) in [6, 6.07) is 1.66. The minimum Gasteiger partial charge on any atom is -0.507 e. The second-order valence-electron chi connectivity index (χ2n) is 4.86. The van der Waals surface area contributed by atoms with Crippen LogP contribution in [-0.4, -0.2) is 18.3 Å². The summed E-state index contributed by atoms with van der Waals surface area (Å²) in [7, 11) is 0. The van der Waals surface area contributed by atoms with Crippen molar-refractivity contribution in [2.45, 2.75) is 25.1 Å². The summed E-state index contributed by atoms with van der Waals surface area (Å²) in [6.07, 6.45) is -3.26. The molecule has 0 bridgehead atoms. The zero-order chi connectivity index (χ0) is 14.9. The molecule has 112 valence electrons. The molecule has 1 saturated heterocycles. The van der Waals surface area contributed by atoms with Gasteiger partial charge in [-0.3, -0.25) is 0 Å². The molecule has 20 heavy (non-hydrogen) atoms. The maximum atomic E-state index is 12.9. The number of alkyl halides is 3. The van der Waals surface area contributed by atoms with Crippen molar-refractivity contribution in [3.05, 3.63) is 27.7 Å². The van der Waals surface area contributed by atoms with Crippen LogP contribution >= 0.6 is 15.9 Å². The zero-order valence-electron chi connectivity index (χ0n) is 10.6. The Bertz CT molecular complexity index is 487. The third kappa shape index (κ3) is 3.27. The molecule has 1 aliphatic rings. The maximum Gasteiger partial charge on any atom is 0.420 e. The molecule has 0 unspecified atom stereocenters. The van der Waals surface area contributed by atoms with Crippen LogP contribution < -0.4 is 5.73 Å². The standard InChI is InChI=1S/C13H15BrF3NO2/c14-8-5-9(11(18)7-1-3-20-4-2-7)12(19)10(6-8)13(15,16)17/h5-7,11,19H,1-4,18H2/t11-/m0/s1. The normalized spacial score (nSPS) is 19.1. The summed E-state index contributed by atoms with van der Waals surface area (Å²) in [5.74, 6) is -0.773. The van der Waals surface area contributed by atoms with E-state index in [0.29, 0.717) is 26.1 Å². The highest BCUT2D eigenvalue weighted by molar-refractivity contribution is 9.10. The molecular weight excluding hydrogens is 339 g/mol. The molecule has 1 aromatic carbocycles. The number of ether oxygens (including phenoxy) is 1. The number of benzene rings is 1. The van der Waals surface area contributed by atoms with Gasteiger partial charge >= 0.3 is 6.18 Å². The average molecular weight is 354 g/mol. The summed E-state index contributed by atoms with van der Waals surface area (Å²) in [6.45, 7) is 1.08. The molecule has 1 atom stereocenters. The van der Waals surface area contributed by atoms with Crippen LogP contribution in [0.3, 0.4) is 0 Å². The van der Waals surface area contributed by atoms with Crippen molar-refractivity contribution in [1.29, 1.82) is 0 Å². The zero-order valence-corrected chi connectivity index (χ0v) is 12.2. The topological polar surface area (TPSA) is 55.5 Å². The number of nitrogens with two attached hydrogens (primary N) is 1. The van der Waals surface area contributed by atoms with Gasteiger partial charge in [0.2, 0.25) is 0 Å². The number of aromatic hydroxyl groups is 1. The van der Waals surface area contributed by atoms with Gasteiger partial charge in [-0.15, -0.1) is 0 Å². The van der Waals surface area contributed by atoms with Crippen molar-refractivity contribution in [1.82, 2.24) is 0 Å². The molecule has 0 saturated carbocycles. The van der Waals surface area contributed by atoms with Crippen LogP contribution in [-0.2, 0) is 10.9 Å². The van der Waals surface area contributed by atoms with Crippen molar-refractivity contribution < 1.29 is 23.0 Å².